The van der Waals surface area contributed by atoms with Gasteiger partial charge in [-0.25, -0.2) is 0 Å². The fraction of sp³-hybridized carbons (Fsp3) is 0.800. The van der Waals surface area contributed by atoms with Gasteiger partial charge in [0.25, 0.3) is 0 Å². The van der Waals surface area contributed by atoms with E-state index in [1.807, 2.05) is 0 Å². The Morgan fingerprint density at radius 1 is 1.67 bits per heavy atom. The molecule has 9 heavy (non-hydrogen) atoms. The SMILES string of the molecule is Br.C[O][Zn]([CH3])[CH2]CC=O. The zero-order valence-electron chi connectivity index (χ0n) is 5.92. The van der Waals surface area contributed by atoms with Crippen molar-refractivity contribution in [2.45, 2.75) is 17.0 Å². The van der Waals surface area contributed by atoms with E-state index in [1.54, 1.807) is 7.11 Å². The molecule has 2 nitrogen and oxygen atoms in total. The monoisotopic (exact) mass is 247 g/mol. The summed E-state index contributed by atoms with van der Waals surface area (Å²) in [5.41, 5.74) is 2.16. The molecule has 0 spiro atoms. The number of aldehydes is 1. The van der Waals surface area contributed by atoms with Gasteiger partial charge in [-0.15, -0.1) is 17.0 Å². The molecule has 0 saturated heterocycles. The Balaban J connectivity index is 0. The van der Waals surface area contributed by atoms with Crippen molar-refractivity contribution in [3.05, 3.63) is 0 Å². The summed E-state index contributed by atoms with van der Waals surface area (Å²) in [4.78, 5) is 9.80. The summed E-state index contributed by atoms with van der Waals surface area (Å²) in [7, 11) is 1.74. The Labute approximate surface area is 72.0 Å². The average molecular weight is 249 g/mol. The summed E-state index contributed by atoms with van der Waals surface area (Å²) < 4.78 is 5.10. The summed E-state index contributed by atoms with van der Waals surface area (Å²) in [6.07, 6.45) is 1.66. The molecular weight excluding hydrogens is 237 g/mol. The molecule has 0 fully saturated rings. The summed E-state index contributed by atoms with van der Waals surface area (Å²) in [6.45, 7) is 0. The predicted octanol–water partition coefficient (Wildman–Crippen LogP) is 1.80. The molecule has 0 amide bonds. The van der Waals surface area contributed by atoms with Gasteiger partial charge >= 0.3 is 55.0 Å². The topological polar surface area (TPSA) is 26.3 Å². The zero-order valence-corrected chi connectivity index (χ0v) is 10.6. The van der Waals surface area contributed by atoms with E-state index in [1.165, 1.54) is 0 Å². The van der Waals surface area contributed by atoms with Crippen molar-refractivity contribution in [1.82, 2.24) is 0 Å². The molecule has 0 aromatic heterocycles. The van der Waals surface area contributed by atoms with Crippen LogP contribution in [0.25, 0.3) is 0 Å². The summed E-state index contributed by atoms with van der Waals surface area (Å²) in [6, 6.07) is 0. The Morgan fingerprint density at radius 3 is 2.56 bits per heavy atom. The second-order valence-corrected chi connectivity index (χ2v) is 8.95. The van der Waals surface area contributed by atoms with Gasteiger partial charge in [0.2, 0.25) is 0 Å². The molecule has 0 aromatic rings. The second kappa shape index (κ2) is 8.73. The Bertz CT molecular complexity index is 70.0. The van der Waals surface area contributed by atoms with E-state index >= 15 is 0 Å². The first kappa shape index (κ1) is 12.4. The molecule has 0 atom stereocenters. The van der Waals surface area contributed by atoms with Crippen molar-refractivity contribution >= 4 is 23.3 Å². The van der Waals surface area contributed by atoms with E-state index in [2.05, 4.69) is 5.52 Å². The third-order valence-electron chi connectivity index (χ3n) is 1.31. The van der Waals surface area contributed by atoms with Crippen LogP contribution in [0.1, 0.15) is 6.42 Å². The molecule has 0 aliphatic rings. The first-order chi connectivity index (χ1) is 3.81. The van der Waals surface area contributed by atoms with Crippen LogP contribution in [0, 0.1) is 0 Å². The van der Waals surface area contributed by atoms with E-state index in [0.29, 0.717) is 6.42 Å². The van der Waals surface area contributed by atoms with Gasteiger partial charge < -0.3 is 0 Å². The quantitative estimate of drug-likeness (QED) is 0.561. The van der Waals surface area contributed by atoms with Crippen molar-refractivity contribution in [2.75, 3.05) is 7.11 Å². The van der Waals surface area contributed by atoms with Crippen LogP contribution in [0.3, 0.4) is 0 Å². The van der Waals surface area contributed by atoms with E-state index in [9.17, 15) is 4.79 Å². The number of carbonyl (C=O) groups is 1. The van der Waals surface area contributed by atoms with Crippen LogP contribution >= 0.6 is 17.0 Å². The third kappa shape index (κ3) is 8.73. The molecule has 0 aliphatic carbocycles. The number of hydrogen-bond acceptors (Lipinski definition) is 2. The Kier molecular flexibility index (Phi) is 12.0. The number of rotatable bonds is 4. The average Bonchev–Trinajstić information content (AvgIpc) is 1.83. The summed E-state index contributed by atoms with van der Waals surface area (Å²) in [5, 5.41) is 1.04. The summed E-state index contributed by atoms with van der Waals surface area (Å²) in [5.74, 6) is 0. The Hall–Kier alpha value is 0.733. The molecule has 0 rings (SSSR count). The molecule has 0 aliphatic heterocycles. The van der Waals surface area contributed by atoms with Gasteiger partial charge in [-0.2, -0.15) is 0 Å². The zero-order chi connectivity index (χ0) is 6.41. The molecule has 0 saturated carbocycles. The first-order valence-electron chi connectivity index (χ1n) is 3.05. The van der Waals surface area contributed by atoms with Gasteiger partial charge in [0, 0.05) is 0 Å². The van der Waals surface area contributed by atoms with E-state index in [0.717, 1.165) is 11.3 Å². The van der Waals surface area contributed by atoms with E-state index in [-0.39, 0.29) is 17.0 Å². The fourth-order valence-corrected chi connectivity index (χ4v) is 2.68. The van der Waals surface area contributed by atoms with Crippen molar-refractivity contribution in [3.8, 4) is 0 Å². The maximum absolute atomic E-state index is 9.80. The van der Waals surface area contributed by atoms with E-state index < -0.39 is 16.3 Å². The van der Waals surface area contributed by atoms with Crippen LogP contribution in [-0.4, -0.2) is 13.4 Å². The molecule has 53 valence electrons. The van der Waals surface area contributed by atoms with E-state index in [4.69, 9.17) is 3.56 Å². The van der Waals surface area contributed by atoms with Crippen LogP contribution in [-0.2, 0) is 24.7 Å². The van der Waals surface area contributed by atoms with Crippen LogP contribution in [0.15, 0.2) is 0 Å². The fourth-order valence-electron chi connectivity index (χ4n) is 0.515. The van der Waals surface area contributed by atoms with Gasteiger partial charge in [-0.1, -0.05) is 0 Å². The molecule has 0 bridgehead atoms. The normalized spacial score (nSPS) is 7.78. The predicted molar refractivity (Wildman–Crippen MR) is 38.7 cm³/mol. The molecule has 0 aromatic carbocycles. The van der Waals surface area contributed by atoms with Crippen LogP contribution in [0.5, 0.6) is 0 Å². The minimum atomic E-state index is -1.51. The molecule has 4 heteroatoms. The van der Waals surface area contributed by atoms with Crippen LogP contribution in [0.4, 0.5) is 0 Å². The minimum absolute atomic E-state index is 0. The maximum atomic E-state index is 9.80. The number of halogens is 1. The molecule has 0 radical (unpaired) electrons. The van der Waals surface area contributed by atoms with Crippen molar-refractivity contribution in [1.29, 1.82) is 0 Å². The molecule has 0 N–H and O–H groups in total. The van der Waals surface area contributed by atoms with Crippen LogP contribution in [0.2, 0.25) is 10.5 Å². The van der Waals surface area contributed by atoms with Crippen molar-refractivity contribution in [2.24, 2.45) is 0 Å². The van der Waals surface area contributed by atoms with Gasteiger partial charge in [0.05, 0.1) is 0 Å². The van der Waals surface area contributed by atoms with Gasteiger partial charge in [-0.05, 0) is 0 Å². The number of carbonyl (C=O) groups excluding carboxylic acids is 1. The molecule has 0 unspecified atom stereocenters. The van der Waals surface area contributed by atoms with Gasteiger partial charge in [0.1, 0.15) is 0 Å². The van der Waals surface area contributed by atoms with Gasteiger partial charge in [0.15, 0.2) is 0 Å². The Morgan fingerprint density at radius 2 is 2.22 bits per heavy atom. The van der Waals surface area contributed by atoms with Crippen molar-refractivity contribution < 1.29 is 24.7 Å². The van der Waals surface area contributed by atoms with Gasteiger partial charge in [-0.3, -0.25) is 0 Å². The third-order valence-corrected chi connectivity index (χ3v) is 6.33. The number of hydrogen-bond donors (Lipinski definition) is 0. The molecule has 0 heterocycles. The van der Waals surface area contributed by atoms with Crippen LogP contribution < -0.4 is 0 Å². The van der Waals surface area contributed by atoms with Crippen molar-refractivity contribution in [3.63, 3.8) is 0 Å². The second-order valence-electron chi connectivity index (χ2n) is 2.09. The summed E-state index contributed by atoms with van der Waals surface area (Å²) >= 11 is -1.51. The first-order valence-corrected chi connectivity index (χ1v) is 9.32. The molecular formula is C5H12BrO2Zn. The standard InChI is InChI=1S/C3H5O.CH3O.CH3.BrH.Zn/c1-2-3-4;1-2;;;/h3H,1-2H2;1H3;1H3;1H;/q;-1;;;+1.